The molecule has 0 saturated carbocycles. The molecular formula is C24H22Cl2N4O5S. The maximum Gasteiger partial charge on any atom is 0.320 e. The summed E-state index contributed by atoms with van der Waals surface area (Å²) in [5.41, 5.74) is 1.63. The van der Waals surface area contributed by atoms with Crippen LogP contribution >= 0.6 is 34.5 Å². The number of carboxylic acid groups (broad SMARTS) is 1. The van der Waals surface area contributed by atoms with Gasteiger partial charge in [-0.2, -0.15) is 0 Å². The van der Waals surface area contributed by atoms with E-state index in [1.54, 1.807) is 5.38 Å². The van der Waals surface area contributed by atoms with Crippen molar-refractivity contribution in [1.82, 2.24) is 16.0 Å². The third-order valence-electron chi connectivity index (χ3n) is 4.80. The van der Waals surface area contributed by atoms with Gasteiger partial charge in [0.2, 0.25) is 5.91 Å². The molecule has 0 aliphatic carbocycles. The number of anilines is 1. The maximum atomic E-state index is 12.4. The zero-order chi connectivity index (χ0) is 26.1. The van der Waals surface area contributed by atoms with Gasteiger partial charge in [-0.15, -0.1) is 11.3 Å². The summed E-state index contributed by atoms with van der Waals surface area (Å²) in [6.07, 6.45) is -0.401. The fraction of sp³-hybridized carbons (Fsp3) is 0.167. The van der Waals surface area contributed by atoms with Gasteiger partial charge in [-0.1, -0.05) is 53.5 Å². The Hall–Kier alpha value is -3.60. The molecule has 0 aliphatic rings. The number of rotatable bonds is 10. The van der Waals surface area contributed by atoms with Crippen LogP contribution in [-0.2, 0) is 16.1 Å². The van der Waals surface area contributed by atoms with Gasteiger partial charge in [-0.3, -0.25) is 19.7 Å². The normalized spacial score (nSPS) is 11.3. The lowest BCUT2D eigenvalue weighted by Gasteiger charge is -2.18. The Balaban J connectivity index is 1.50. The number of hydrogen-bond donors (Lipinski definition) is 5. The second-order valence-electron chi connectivity index (χ2n) is 7.60. The van der Waals surface area contributed by atoms with E-state index >= 15 is 0 Å². The molecule has 3 aromatic rings. The molecular weight excluding hydrogens is 527 g/mol. The molecule has 0 bridgehead atoms. The smallest absolute Gasteiger partial charge is 0.320 e. The minimum Gasteiger partial charge on any atom is -0.481 e. The van der Waals surface area contributed by atoms with Crippen molar-refractivity contribution >= 4 is 63.4 Å². The van der Waals surface area contributed by atoms with Gasteiger partial charge in [0.15, 0.2) is 0 Å². The Morgan fingerprint density at radius 3 is 2.31 bits per heavy atom. The van der Waals surface area contributed by atoms with E-state index in [1.165, 1.54) is 24.3 Å². The van der Waals surface area contributed by atoms with E-state index in [9.17, 15) is 24.3 Å². The van der Waals surface area contributed by atoms with Crippen LogP contribution in [0.2, 0.25) is 10.0 Å². The molecule has 0 aliphatic heterocycles. The van der Waals surface area contributed by atoms with Gasteiger partial charge in [0.25, 0.3) is 5.91 Å². The van der Waals surface area contributed by atoms with Crippen LogP contribution in [0.4, 0.5) is 9.80 Å². The summed E-state index contributed by atoms with van der Waals surface area (Å²) in [6.45, 7) is -0.0375. The Morgan fingerprint density at radius 1 is 0.944 bits per heavy atom. The summed E-state index contributed by atoms with van der Waals surface area (Å²) in [5.74, 6) is -2.26. The van der Waals surface area contributed by atoms with E-state index < -0.39 is 36.3 Å². The predicted octanol–water partition coefficient (Wildman–Crippen LogP) is 4.44. The van der Waals surface area contributed by atoms with E-state index in [-0.39, 0.29) is 12.1 Å². The van der Waals surface area contributed by atoms with Crippen LogP contribution in [0.1, 0.15) is 33.9 Å². The highest BCUT2D eigenvalue weighted by Gasteiger charge is 2.20. The summed E-state index contributed by atoms with van der Waals surface area (Å²) in [4.78, 5) is 48.2. The molecule has 5 N–H and O–H groups in total. The third kappa shape index (κ3) is 8.56. The molecule has 1 aromatic heterocycles. The average molecular weight is 549 g/mol. The monoisotopic (exact) mass is 548 g/mol. The van der Waals surface area contributed by atoms with Crippen molar-refractivity contribution in [2.24, 2.45) is 0 Å². The fourth-order valence-electron chi connectivity index (χ4n) is 3.17. The standard InChI is InChI=1S/C24H22Cl2N4O5S/c25-17-6-15(7-18(26)9-17)19(10-22(32)33)29-20(31)12-27-23(34)16-8-21(36-13-16)30-24(35)28-11-14-4-2-1-3-5-14/h1-9,13,19H,10-12H2,(H,27,34)(H,29,31)(H,32,33)(H2,28,30,35). The zero-order valence-corrected chi connectivity index (χ0v) is 21.0. The highest BCUT2D eigenvalue weighted by atomic mass is 35.5. The van der Waals surface area contributed by atoms with Crippen molar-refractivity contribution in [2.45, 2.75) is 19.0 Å². The SMILES string of the molecule is O=C(O)CC(NC(=O)CNC(=O)c1csc(NC(=O)NCc2ccccc2)c1)c1cc(Cl)cc(Cl)c1. The van der Waals surface area contributed by atoms with E-state index in [2.05, 4.69) is 21.3 Å². The van der Waals surface area contributed by atoms with Crippen molar-refractivity contribution in [3.8, 4) is 0 Å². The quantitative estimate of drug-likeness (QED) is 0.255. The van der Waals surface area contributed by atoms with Crippen LogP contribution in [-0.4, -0.2) is 35.5 Å². The van der Waals surface area contributed by atoms with Crippen molar-refractivity contribution < 1.29 is 24.3 Å². The Kier molecular flexibility index (Phi) is 9.69. The fourth-order valence-corrected chi connectivity index (χ4v) is 4.48. The third-order valence-corrected chi connectivity index (χ3v) is 6.09. The van der Waals surface area contributed by atoms with Gasteiger partial charge in [-0.05, 0) is 35.4 Å². The lowest BCUT2D eigenvalue weighted by atomic mass is 10.0. The number of thiophene rings is 1. The van der Waals surface area contributed by atoms with Crippen LogP contribution in [0.3, 0.4) is 0 Å². The molecule has 36 heavy (non-hydrogen) atoms. The highest BCUT2D eigenvalue weighted by molar-refractivity contribution is 7.14. The van der Waals surface area contributed by atoms with Crippen LogP contribution < -0.4 is 21.3 Å². The number of amides is 4. The van der Waals surface area contributed by atoms with Gasteiger partial charge in [0, 0.05) is 22.0 Å². The van der Waals surface area contributed by atoms with Gasteiger partial charge < -0.3 is 21.1 Å². The summed E-state index contributed by atoms with van der Waals surface area (Å²) in [5, 5.41) is 22.2. The average Bonchev–Trinajstić information content (AvgIpc) is 3.29. The Labute approximate surface area is 220 Å². The molecule has 188 valence electrons. The number of nitrogens with one attached hydrogen (secondary N) is 4. The van der Waals surface area contributed by atoms with E-state index in [4.69, 9.17) is 23.2 Å². The molecule has 0 saturated heterocycles. The molecule has 12 heteroatoms. The Morgan fingerprint density at radius 2 is 1.64 bits per heavy atom. The summed E-state index contributed by atoms with van der Waals surface area (Å²) < 4.78 is 0. The number of hydrogen-bond acceptors (Lipinski definition) is 5. The molecule has 3 rings (SSSR count). The van der Waals surface area contributed by atoms with E-state index in [0.29, 0.717) is 27.2 Å². The van der Waals surface area contributed by atoms with Crippen LogP contribution in [0.5, 0.6) is 0 Å². The van der Waals surface area contributed by atoms with Crippen LogP contribution in [0.15, 0.2) is 60.0 Å². The first-order valence-electron chi connectivity index (χ1n) is 10.6. The minimum atomic E-state index is -1.13. The summed E-state index contributed by atoms with van der Waals surface area (Å²) >= 11 is 13.1. The number of benzene rings is 2. The molecule has 9 nitrogen and oxygen atoms in total. The van der Waals surface area contributed by atoms with Crippen molar-refractivity contribution in [2.75, 3.05) is 11.9 Å². The molecule has 0 fully saturated rings. The first-order valence-corrected chi connectivity index (χ1v) is 12.3. The summed E-state index contributed by atoms with van der Waals surface area (Å²) in [7, 11) is 0. The lowest BCUT2D eigenvalue weighted by Crippen LogP contribution is -2.39. The van der Waals surface area contributed by atoms with Gasteiger partial charge in [0.05, 0.1) is 29.6 Å². The van der Waals surface area contributed by atoms with Crippen molar-refractivity contribution in [1.29, 1.82) is 0 Å². The first-order chi connectivity index (χ1) is 17.2. The van der Waals surface area contributed by atoms with Gasteiger partial charge in [0.1, 0.15) is 0 Å². The predicted molar refractivity (Wildman–Crippen MR) is 139 cm³/mol. The number of carboxylic acids is 1. The molecule has 1 unspecified atom stereocenters. The minimum absolute atomic E-state index is 0.259. The molecule has 2 aromatic carbocycles. The van der Waals surface area contributed by atoms with Gasteiger partial charge >= 0.3 is 12.0 Å². The highest BCUT2D eigenvalue weighted by Crippen LogP contribution is 2.25. The largest absolute Gasteiger partial charge is 0.481 e. The zero-order valence-electron chi connectivity index (χ0n) is 18.7. The lowest BCUT2D eigenvalue weighted by molar-refractivity contribution is -0.137. The number of halogens is 2. The van der Waals surface area contributed by atoms with Crippen LogP contribution in [0.25, 0.3) is 0 Å². The molecule has 0 spiro atoms. The maximum absolute atomic E-state index is 12.4. The first kappa shape index (κ1) is 27.0. The molecule has 0 radical (unpaired) electrons. The van der Waals surface area contributed by atoms with Crippen LogP contribution in [0, 0.1) is 0 Å². The number of carbonyl (C=O) groups excluding carboxylic acids is 3. The molecule has 1 heterocycles. The Bertz CT molecular complexity index is 1230. The molecule has 4 amide bonds. The van der Waals surface area contributed by atoms with Crippen molar-refractivity contribution in [3.63, 3.8) is 0 Å². The van der Waals surface area contributed by atoms with Crippen molar-refractivity contribution in [3.05, 3.63) is 86.7 Å². The summed E-state index contributed by atoms with van der Waals surface area (Å²) in [6, 6.07) is 14.1. The second kappa shape index (κ2) is 12.9. The van der Waals surface area contributed by atoms with Gasteiger partial charge in [-0.25, -0.2) is 4.79 Å². The topological polar surface area (TPSA) is 137 Å². The molecule has 1 atom stereocenters. The number of urea groups is 1. The van der Waals surface area contributed by atoms with E-state index in [1.807, 2.05) is 30.3 Å². The number of aliphatic carboxylic acids is 1. The number of carbonyl (C=O) groups is 4. The van der Waals surface area contributed by atoms with E-state index in [0.717, 1.165) is 16.9 Å². The second-order valence-corrected chi connectivity index (χ2v) is 9.38.